The van der Waals surface area contributed by atoms with Crippen LogP contribution in [0.15, 0.2) is 67.3 Å². The number of hydrogen-bond donors (Lipinski definition) is 2. The van der Waals surface area contributed by atoms with Crippen LogP contribution in [-0.2, 0) is 13.1 Å². The van der Waals surface area contributed by atoms with E-state index in [9.17, 15) is 0 Å². The van der Waals surface area contributed by atoms with E-state index in [1.807, 2.05) is 47.4 Å². The van der Waals surface area contributed by atoms with Crippen molar-refractivity contribution < 1.29 is 0 Å². The molecule has 0 unspecified atom stereocenters. The van der Waals surface area contributed by atoms with E-state index in [4.69, 9.17) is 47.0 Å². The lowest BCUT2D eigenvalue weighted by atomic mass is 10.2. The first-order valence-corrected chi connectivity index (χ1v) is 10.8. The molecule has 0 saturated heterocycles. The molecule has 4 aromatic rings. The Morgan fingerprint density at radius 2 is 1.42 bits per heavy atom. The quantitative estimate of drug-likeness (QED) is 0.327. The van der Waals surface area contributed by atoms with E-state index in [2.05, 4.69) is 20.8 Å². The zero-order valence-corrected chi connectivity index (χ0v) is 19.2. The number of nitrogens with one attached hydrogen (secondary N) is 2. The van der Waals surface area contributed by atoms with Gasteiger partial charge in [0.25, 0.3) is 0 Å². The van der Waals surface area contributed by atoms with E-state index in [1.54, 1.807) is 29.2 Å². The van der Waals surface area contributed by atoms with Crippen molar-refractivity contribution >= 4 is 63.5 Å². The SMILES string of the molecule is S=C(Nc1cnn(Cc2cccc(Cl)c2)c1)Nc1cnn(Cc2c(Cl)cccc2Cl)c1. The van der Waals surface area contributed by atoms with E-state index >= 15 is 0 Å². The smallest absolute Gasteiger partial charge is 0.175 e. The maximum atomic E-state index is 6.24. The minimum Gasteiger partial charge on any atom is -0.330 e. The minimum absolute atomic E-state index is 0.428. The number of nitrogens with zero attached hydrogens (tertiary/aromatic N) is 4. The van der Waals surface area contributed by atoms with Crippen molar-refractivity contribution in [3.63, 3.8) is 0 Å². The molecule has 0 amide bonds. The number of anilines is 2. The van der Waals surface area contributed by atoms with Gasteiger partial charge in [-0.2, -0.15) is 10.2 Å². The third kappa shape index (κ3) is 5.77. The highest BCUT2D eigenvalue weighted by atomic mass is 35.5. The van der Waals surface area contributed by atoms with Gasteiger partial charge >= 0.3 is 0 Å². The molecule has 31 heavy (non-hydrogen) atoms. The number of halogens is 3. The highest BCUT2D eigenvalue weighted by Gasteiger charge is 2.09. The maximum absolute atomic E-state index is 6.24. The molecule has 2 aromatic heterocycles. The van der Waals surface area contributed by atoms with Crippen LogP contribution in [0.1, 0.15) is 11.1 Å². The van der Waals surface area contributed by atoms with Gasteiger partial charge in [0, 0.05) is 33.0 Å². The van der Waals surface area contributed by atoms with Crippen LogP contribution in [0.3, 0.4) is 0 Å². The second kappa shape index (κ2) is 9.70. The van der Waals surface area contributed by atoms with Crippen LogP contribution in [0.5, 0.6) is 0 Å². The fourth-order valence-corrected chi connectivity index (χ4v) is 3.96. The molecule has 0 spiro atoms. The average molecular weight is 492 g/mol. The zero-order chi connectivity index (χ0) is 21.8. The Morgan fingerprint density at radius 1 is 0.839 bits per heavy atom. The predicted octanol–water partition coefficient (Wildman–Crippen LogP) is 5.95. The molecule has 0 aliphatic heterocycles. The summed E-state index contributed by atoms with van der Waals surface area (Å²) in [5.41, 5.74) is 3.39. The summed E-state index contributed by atoms with van der Waals surface area (Å²) in [7, 11) is 0. The van der Waals surface area contributed by atoms with Gasteiger partial charge in [0.1, 0.15) is 0 Å². The normalized spacial score (nSPS) is 10.8. The van der Waals surface area contributed by atoms with E-state index in [0.717, 1.165) is 22.5 Å². The van der Waals surface area contributed by atoms with E-state index in [-0.39, 0.29) is 0 Å². The molecule has 10 heteroatoms. The number of hydrogen-bond acceptors (Lipinski definition) is 3. The van der Waals surface area contributed by atoms with Crippen molar-refractivity contribution in [2.24, 2.45) is 0 Å². The summed E-state index contributed by atoms with van der Waals surface area (Å²) < 4.78 is 3.54. The Morgan fingerprint density at radius 3 is 2.03 bits per heavy atom. The third-order valence-electron chi connectivity index (χ3n) is 4.40. The van der Waals surface area contributed by atoms with Gasteiger partial charge in [-0.15, -0.1) is 0 Å². The lowest BCUT2D eigenvalue weighted by Gasteiger charge is -2.08. The van der Waals surface area contributed by atoms with Gasteiger partial charge in [0.15, 0.2) is 5.11 Å². The molecule has 2 aromatic carbocycles. The van der Waals surface area contributed by atoms with Crippen LogP contribution in [0.25, 0.3) is 0 Å². The Bertz CT molecular complexity index is 1200. The van der Waals surface area contributed by atoms with Crippen LogP contribution in [-0.4, -0.2) is 24.7 Å². The highest BCUT2D eigenvalue weighted by molar-refractivity contribution is 7.80. The van der Waals surface area contributed by atoms with Crippen LogP contribution in [0.2, 0.25) is 15.1 Å². The molecule has 0 aliphatic carbocycles. The summed E-state index contributed by atoms with van der Waals surface area (Å²) >= 11 is 23.9. The van der Waals surface area contributed by atoms with Gasteiger partial charge in [0.05, 0.1) is 36.9 Å². The molecule has 0 aliphatic rings. The number of thiocarbonyl (C=S) groups is 1. The standard InChI is InChI=1S/C21H17Cl3N6S/c22-15-4-1-3-14(7-15)10-29-11-16(8-25-29)27-21(31)28-17-9-26-30(12-17)13-18-19(23)5-2-6-20(18)24/h1-9,11-12H,10,13H2,(H2,27,28,31). The number of benzene rings is 2. The van der Waals surface area contributed by atoms with Gasteiger partial charge in [-0.25, -0.2) is 0 Å². The minimum atomic E-state index is 0.428. The Labute approximate surface area is 199 Å². The van der Waals surface area contributed by atoms with Gasteiger partial charge in [-0.3, -0.25) is 9.36 Å². The molecule has 0 radical (unpaired) electrons. The molecule has 0 saturated carbocycles. The highest BCUT2D eigenvalue weighted by Crippen LogP contribution is 2.25. The van der Waals surface area contributed by atoms with Gasteiger partial charge in [-0.1, -0.05) is 53.0 Å². The van der Waals surface area contributed by atoms with E-state index < -0.39 is 0 Å². The van der Waals surface area contributed by atoms with Crippen molar-refractivity contribution in [3.05, 3.63) is 93.4 Å². The summed E-state index contributed by atoms with van der Waals surface area (Å²) in [5.74, 6) is 0. The second-order valence-electron chi connectivity index (χ2n) is 6.76. The lowest BCUT2D eigenvalue weighted by Crippen LogP contribution is -2.18. The molecule has 6 nitrogen and oxygen atoms in total. The largest absolute Gasteiger partial charge is 0.330 e. The maximum Gasteiger partial charge on any atom is 0.175 e. The van der Waals surface area contributed by atoms with Crippen molar-refractivity contribution in [1.82, 2.24) is 19.6 Å². The molecule has 2 N–H and O–H groups in total. The summed E-state index contributed by atoms with van der Waals surface area (Å²) in [6, 6.07) is 13.1. The van der Waals surface area contributed by atoms with Gasteiger partial charge in [-0.05, 0) is 42.0 Å². The Hall–Kier alpha value is -2.58. The molecule has 4 rings (SSSR count). The fourth-order valence-electron chi connectivity index (χ4n) is 2.99. The average Bonchev–Trinajstić information content (AvgIpc) is 3.34. The molecule has 0 bridgehead atoms. The lowest BCUT2D eigenvalue weighted by molar-refractivity contribution is 0.687. The van der Waals surface area contributed by atoms with Crippen LogP contribution in [0, 0.1) is 0 Å². The topological polar surface area (TPSA) is 59.7 Å². The van der Waals surface area contributed by atoms with Crippen molar-refractivity contribution in [2.75, 3.05) is 10.6 Å². The first kappa shape index (κ1) is 21.6. The molecular formula is C21H17Cl3N6S. The zero-order valence-electron chi connectivity index (χ0n) is 16.1. The van der Waals surface area contributed by atoms with Crippen LogP contribution < -0.4 is 10.6 Å². The van der Waals surface area contributed by atoms with Crippen LogP contribution >= 0.6 is 47.0 Å². The predicted molar refractivity (Wildman–Crippen MR) is 130 cm³/mol. The van der Waals surface area contributed by atoms with Crippen molar-refractivity contribution in [3.8, 4) is 0 Å². The molecule has 2 heterocycles. The summed E-state index contributed by atoms with van der Waals surface area (Å²) in [4.78, 5) is 0. The number of rotatable bonds is 6. The third-order valence-corrected chi connectivity index (χ3v) is 5.55. The molecule has 0 fully saturated rings. The monoisotopic (exact) mass is 490 g/mol. The second-order valence-corrected chi connectivity index (χ2v) is 8.42. The van der Waals surface area contributed by atoms with Crippen molar-refractivity contribution in [2.45, 2.75) is 13.1 Å². The molecule has 158 valence electrons. The fraction of sp³-hybridized carbons (Fsp3) is 0.0952. The first-order chi connectivity index (χ1) is 15.0. The van der Waals surface area contributed by atoms with E-state index in [1.165, 1.54) is 0 Å². The molecular weight excluding hydrogens is 475 g/mol. The summed E-state index contributed by atoms with van der Waals surface area (Å²) in [6.45, 7) is 1.07. The van der Waals surface area contributed by atoms with Gasteiger partial charge in [0.2, 0.25) is 0 Å². The van der Waals surface area contributed by atoms with E-state index in [0.29, 0.717) is 33.3 Å². The van der Waals surface area contributed by atoms with Crippen LogP contribution in [0.4, 0.5) is 11.4 Å². The Balaban J connectivity index is 1.34. The number of aromatic nitrogens is 4. The summed E-state index contributed by atoms with van der Waals surface area (Å²) in [6.07, 6.45) is 7.09. The Kier molecular flexibility index (Phi) is 6.77. The van der Waals surface area contributed by atoms with Gasteiger partial charge < -0.3 is 10.6 Å². The molecule has 0 atom stereocenters. The summed E-state index contributed by atoms with van der Waals surface area (Å²) in [5, 5.41) is 17.2. The first-order valence-electron chi connectivity index (χ1n) is 9.26. The van der Waals surface area contributed by atoms with Crippen molar-refractivity contribution in [1.29, 1.82) is 0 Å².